The third-order valence-electron chi connectivity index (χ3n) is 3.40. The molecule has 2 rings (SSSR count). The fourth-order valence-corrected chi connectivity index (χ4v) is 2.33. The zero-order chi connectivity index (χ0) is 21.1. The monoisotopic (exact) mass is 386 g/mol. The van der Waals surface area contributed by atoms with E-state index in [0.29, 0.717) is 5.56 Å². The van der Waals surface area contributed by atoms with Crippen molar-refractivity contribution in [2.24, 2.45) is 0 Å². The fraction of sp³-hybridized carbons (Fsp3) is 0.444. The molecule has 10 heteroatoms. The highest BCUT2D eigenvalue weighted by molar-refractivity contribution is 5.87. The topological polar surface area (TPSA) is 143 Å². The minimum Gasteiger partial charge on any atom is -0.481 e. The van der Waals surface area contributed by atoms with Crippen molar-refractivity contribution >= 4 is 17.9 Å². The van der Waals surface area contributed by atoms with Gasteiger partial charge in [-0.1, -0.05) is 0 Å². The number of carboxylic acids is 1. The molecule has 0 fully saturated rings. The maximum Gasteiger partial charge on any atom is 0.413 e. The SMILES string of the molecule is CC(C)n1nc(-c2ncc(CC(=O)O)cn2)c(C#N)c1NC(=O)OC(C)(C)C. The van der Waals surface area contributed by atoms with Crippen LogP contribution in [0.5, 0.6) is 0 Å². The molecule has 0 spiro atoms. The molecule has 1 amide bonds. The summed E-state index contributed by atoms with van der Waals surface area (Å²) in [5.74, 6) is -0.667. The summed E-state index contributed by atoms with van der Waals surface area (Å²) in [5, 5.41) is 25.4. The molecule has 2 heterocycles. The third kappa shape index (κ3) is 5.03. The molecule has 0 saturated heterocycles. The van der Waals surface area contributed by atoms with Crippen molar-refractivity contribution in [2.45, 2.75) is 52.7 Å². The zero-order valence-electron chi connectivity index (χ0n) is 16.3. The first-order valence-electron chi connectivity index (χ1n) is 8.57. The molecule has 10 nitrogen and oxygen atoms in total. The zero-order valence-corrected chi connectivity index (χ0v) is 16.3. The normalized spacial score (nSPS) is 11.2. The number of carbonyl (C=O) groups is 2. The molecule has 0 saturated carbocycles. The van der Waals surface area contributed by atoms with Crippen LogP contribution in [0.3, 0.4) is 0 Å². The second kappa shape index (κ2) is 8.04. The molecular formula is C18H22N6O4. The quantitative estimate of drug-likeness (QED) is 0.798. The average molecular weight is 386 g/mol. The molecule has 0 unspecified atom stereocenters. The second-order valence-electron chi connectivity index (χ2n) is 7.33. The number of hydrogen-bond donors (Lipinski definition) is 2. The first-order valence-corrected chi connectivity index (χ1v) is 8.57. The van der Waals surface area contributed by atoms with E-state index in [1.807, 2.05) is 19.9 Å². The van der Waals surface area contributed by atoms with Crippen LogP contribution in [0.4, 0.5) is 10.6 Å². The van der Waals surface area contributed by atoms with E-state index in [9.17, 15) is 14.9 Å². The summed E-state index contributed by atoms with van der Waals surface area (Å²) < 4.78 is 6.73. The Morgan fingerprint density at radius 1 is 1.32 bits per heavy atom. The number of amides is 1. The molecular weight excluding hydrogens is 364 g/mol. The summed E-state index contributed by atoms with van der Waals surface area (Å²) in [6.07, 6.45) is 1.81. The number of carbonyl (C=O) groups excluding carboxylic acids is 1. The summed E-state index contributed by atoms with van der Waals surface area (Å²) in [4.78, 5) is 31.2. The molecule has 0 radical (unpaired) electrons. The van der Waals surface area contributed by atoms with Crippen LogP contribution in [0.25, 0.3) is 11.5 Å². The van der Waals surface area contributed by atoms with E-state index in [2.05, 4.69) is 20.4 Å². The van der Waals surface area contributed by atoms with Crippen molar-refractivity contribution in [1.82, 2.24) is 19.7 Å². The van der Waals surface area contributed by atoms with Crippen LogP contribution < -0.4 is 5.32 Å². The van der Waals surface area contributed by atoms with Gasteiger partial charge in [-0.3, -0.25) is 10.1 Å². The number of hydrogen-bond acceptors (Lipinski definition) is 7. The molecule has 0 aromatic carbocycles. The van der Waals surface area contributed by atoms with Crippen molar-refractivity contribution in [3.63, 3.8) is 0 Å². The molecule has 0 aliphatic carbocycles. The number of ether oxygens (including phenoxy) is 1. The molecule has 0 aliphatic heterocycles. The van der Waals surface area contributed by atoms with Crippen LogP contribution in [0, 0.1) is 11.3 Å². The van der Waals surface area contributed by atoms with Gasteiger partial charge in [0, 0.05) is 18.4 Å². The fourth-order valence-electron chi connectivity index (χ4n) is 2.33. The highest BCUT2D eigenvalue weighted by Gasteiger charge is 2.26. The molecule has 28 heavy (non-hydrogen) atoms. The van der Waals surface area contributed by atoms with Gasteiger partial charge in [0.25, 0.3) is 0 Å². The Balaban J connectivity index is 2.45. The van der Waals surface area contributed by atoms with Crippen LogP contribution in [0.15, 0.2) is 12.4 Å². The van der Waals surface area contributed by atoms with Crippen LogP contribution in [0.2, 0.25) is 0 Å². The molecule has 2 aromatic rings. The van der Waals surface area contributed by atoms with Gasteiger partial charge in [0.15, 0.2) is 11.6 Å². The number of nitriles is 1. The van der Waals surface area contributed by atoms with Crippen molar-refractivity contribution in [3.8, 4) is 17.6 Å². The smallest absolute Gasteiger partial charge is 0.413 e. The highest BCUT2D eigenvalue weighted by atomic mass is 16.6. The predicted molar refractivity (Wildman–Crippen MR) is 99.5 cm³/mol. The van der Waals surface area contributed by atoms with E-state index in [4.69, 9.17) is 9.84 Å². The highest BCUT2D eigenvalue weighted by Crippen LogP contribution is 2.29. The minimum absolute atomic E-state index is 0.0885. The van der Waals surface area contributed by atoms with Gasteiger partial charge in [0.05, 0.1) is 6.42 Å². The molecule has 0 atom stereocenters. The third-order valence-corrected chi connectivity index (χ3v) is 3.40. The summed E-state index contributed by atoms with van der Waals surface area (Å²) in [6, 6.07) is 1.86. The van der Waals surface area contributed by atoms with E-state index in [1.165, 1.54) is 17.1 Å². The van der Waals surface area contributed by atoms with Gasteiger partial charge in [-0.05, 0) is 40.2 Å². The number of nitrogens with one attached hydrogen (secondary N) is 1. The summed E-state index contributed by atoms with van der Waals surface area (Å²) >= 11 is 0. The first-order chi connectivity index (χ1) is 13.0. The molecule has 2 N–H and O–H groups in total. The van der Waals surface area contributed by atoms with E-state index in [-0.39, 0.29) is 35.4 Å². The van der Waals surface area contributed by atoms with Crippen LogP contribution in [-0.2, 0) is 16.0 Å². The summed E-state index contributed by atoms with van der Waals surface area (Å²) in [6.45, 7) is 8.88. The summed E-state index contributed by atoms with van der Waals surface area (Å²) in [5.41, 5.74) is -0.00860. The maximum absolute atomic E-state index is 12.2. The van der Waals surface area contributed by atoms with Crippen molar-refractivity contribution in [1.29, 1.82) is 5.26 Å². The first kappa shape index (κ1) is 20.8. The number of carboxylic acid groups (broad SMARTS) is 1. The summed E-state index contributed by atoms with van der Waals surface area (Å²) in [7, 11) is 0. The Kier molecular flexibility index (Phi) is 5.98. The number of aromatic nitrogens is 4. The lowest BCUT2D eigenvalue weighted by Gasteiger charge is -2.20. The lowest BCUT2D eigenvalue weighted by Crippen LogP contribution is -2.28. The van der Waals surface area contributed by atoms with Gasteiger partial charge in [-0.25, -0.2) is 19.4 Å². The Hall–Kier alpha value is -3.48. The largest absolute Gasteiger partial charge is 0.481 e. The number of nitrogens with zero attached hydrogens (tertiary/aromatic N) is 5. The predicted octanol–water partition coefficient (Wildman–Crippen LogP) is 2.77. The second-order valence-corrected chi connectivity index (χ2v) is 7.33. The number of anilines is 1. The van der Waals surface area contributed by atoms with Crippen LogP contribution in [0.1, 0.15) is 51.8 Å². The van der Waals surface area contributed by atoms with Gasteiger partial charge in [-0.2, -0.15) is 10.4 Å². The Morgan fingerprint density at radius 3 is 2.39 bits per heavy atom. The maximum atomic E-state index is 12.2. The van der Waals surface area contributed by atoms with Gasteiger partial charge in [0.2, 0.25) is 0 Å². The van der Waals surface area contributed by atoms with Crippen LogP contribution >= 0.6 is 0 Å². The Labute approximate surface area is 162 Å². The Morgan fingerprint density at radius 2 is 1.93 bits per heavy atom. The van der Waals surface area contributed by atoms with Crippen molar-refractivity contribution < 1.29 is 19.4 Å². The van der Waals surface area contributed by atoms with E-state index in [0.717, 1.165) is 0 Å². The van der Waals surface area contributed by atoms with Crippen molar-refractivity contribution in [2.75, 3.05) is 5.32 Å². The molecule has 0 aliphatic rings. The van der Waals surface area contributed by atoms with Gasteiger partial charge >= 0.3 is 12.1 Å². The number of rotatable bonds is 5. The minimum atomic E-state index is -0.998. The molecule has 148 valence electrons. The Bertz CT molecular complexity index is 919. The lowest BCUT2D eigenvalue weighted by molar-refractivity contribution is -0.136. The molecule has 0 bridgehead atoms. The van der Waals surface area contributed by atoms with E-state index in [1.54, 1.807) is 20.8 Å². The standard InChI is InChI=1S/C18H22N6O4/c1-10(2)24-16(22-17(27)28-18(3,4)5)12(7-19)14(23-24)15-20-8-11(9-21-15)6-13(25)26/h8-10H,6H2,1-5H3,(H,22,27)(H,25,26). The van der Waals surface area contributed by atoms with Gasteiger partial charge in [0.1, 0.15) is 22.9 Å². The van der Waals surface area contributed by atoms with Gasteiger partial charge in [-0.15, -0.1) is 0 Å². The van der Waals surface area contributed by atoms with E-state index >= 15 is 0 Å². The van der Waals surface area contributed by atoms with Crippen LogP contribution in [-0.4, -0.2) is 42.5 Å². The number of aliphatic carboxylic acids is 1. The van der Waals surface area contributed by atoms with Gasteiger partial charge < -0.3 is 9.84 Å². The molecule has 2 aromatic heterocycles. The van der Waals surface area contributed by atoms with E-state index < -0.39 is 17.7 Å². The average Bonchev–Trinajstić information content (AvgIpc) is 2.91. The van der Waals surface area contributed by atoms with Crippen molar-refractivity contribution in [3.05, 3.63) is 23.5 Å². The lowest BCUT2D eigenvalue weighted by atomic mass is 10.2.